The van der Waals surface area contributed by atoms with Gasteiger partial charge in [-0.2, -0.15) is 0 Å². The molecular weight excluding hydrogens is 309 g/mol. The fourth-order valence-corrected chi connectivity index (χ4v) is 2.26. The molecule has 3 aromatic rings. The van der Waals surface area contributed by atoms with E-state index < -0.39 is 11.7 Å². The lowest BCUT2D eigenvalue weighted by Crippen LogP contribution is -2.14. The first kappa shape index (κ1) is 15.8. The lowest BCUT2D eigenvalue weighted by atomic mass is 10.2. The molecule has 1 amide bonds. The highest BCUT2D eigenvalue weighted by Crippen LogP contribution is 2.29. The van der Waals surface area contributed by atoms with E-state index in [-0.39, 0.29) is 23.8 Å². The van der Waals surface area contributed by atoms with Crippen LogP contribution in [0.5, 0.6) is 5.75 Å². The van der Waals surface area contributed by atoms with Crippen LogP contribution in [0.25, 0.3) is 0 Å². The number of carbonyl (C=O) groups is 1. The smallest absolute Gasteiger partial charge is 0.291 e. The quantitative estimate of drug-likeness (QED) is 0.748. The molecule has 0 saturated heterocycles. The molecule has 1 heterocycles. The third-order valence-electron chi connectivity index (χ3n) is 3.52. The van der Waals surface area contributed by atoms with Crippen LogP contribution in [0.1, 0.15) is 21.7 Å². The monoisotopic (exact) mass is 325 g/mol. The maximum absolute atomic E-state index is 14.2. The SMILES string of the molecule is Cc1ccoc1C(=O)Nc1c(F)cccc1OCc1ccccc1. The molecule has 122 valence electrons. The summed E-state index contributed by atoms with van der Waals surface area (Å²) >= 11 is 0. The van der Waals surface area contributed by atoms with E-state index in [0.29, 0.717) is 5.56 Å². The highest BCUT2D eigenvalue weighted by Gasteiger charge is 2.18. The maximum atomic E-state index is 14.2. The van der Waals surface area contributed by atoms with Gasteiger partial charge in [0.15, 0.2) is 11.6 Å². The highest BCUT2D eigenvalue weighted by atomic mass is 19.1. The minimum Gasteiger partial charge on any atom is -0.487 e. The Hall–Kier alpha value is -3.08. The topological polar surface area (TPSA) is 51.5 Å². The molecule has 5 heteroatoms. The molecule has 3 rings (SSSR count). The second kappa shape index (κ2) is 7.00. The van der Waals surface area contributed by atoms with Crippen molar-refractivity contribution in [2.24, 2.45) is 0 Å². The van der Waals surface area contributed by atoms with Crippen LogP contribution in [-0.2, 0) is 6.61 Å². The third-order valence-corrected chi connectivity index (χ3v) is 3.52. The number of nitrogens with one attached hydrogen (secondary N) is 1. The average Bonchev–Trinajstić information content (AvgIpc) is 3.02. The van der Waals surface area contributed by atoms with Crippen LogP contribution in [0.2, 0.25) is 0 Å². The number of halogens is 1. The van der Waals surface area contributed by atoms with Gasteiger partial charge >= 0.3 is 0 Å². The Bertz CT molecular complexity index is 843. The molecule has 0 spiro atoms. The van der Waals surface area contributed by atoms with Gasteiger partial charge in [-0.3, -0.25) is 4.79 Å². The molecule has 0 fully saturated rings. The molecule has 0 aliphatic rings. The van der Waals surface area contributed by atoms with Gasteiger partial charge in [0.1, 0.15) is 18.0 Å². The molecule has 24 heavy (non-hydrogen) atoms. The normalized spacial score (nSPS) is 10.4. The van der Waals surface area contributed by atoms with E-state index in [1.165, 1.54) is 18.4 Å². The molecule has 4 nitrogen and oxygen atoms in total. The van der Waals surface area contributed by atoms with E-state index in [2.05, 4.69) is 5.32 Å². The molecule has 1 aromatic heterocycles. The summed E-state index contributed by atoms with van der Waals surface area (Å²) in [7, 11) is 0. The van der Waals surface area contributed by atoms with E-state index >= 15 is 0 Å². The van der Waals surface area contributed by atoms with Crippen molar-refractivity contribution < 1.29 is 18.3 Å². The van der Waals surface area contributed by atoms with E-state index in [1.54, 1.807) is 19.1 Å². The van der Waals surface area contributed by atoms with Crippen molar-refractivity contribution in [3.05, 3.63) is 83.6 Å². The number of furan rings is 1. The number of benzene rings is 2. The van der Waals surface area contributed by atoms with E-state index in [0.717, 1.165) is 5.56 Å². The number of aryl methyl sites for hydroxylation is 1. The summed E-state index contributed by atoms with van der Waals surface area (Å²) in [5, 5.41) is 2.53. The average molecular weight is 325 g/mol. The molecule has 0 saturated carbocycles. The van der Waals surface area contributed by atoms with Gasteiger partial charge < -0.3 is 14.5 Å². The zero-order valence-electron chi connectivity index (χ0n) is 13.1. The van der Waals surface area contributed by atoms with Gasteiger partial charge in [-0.05, 0) is 30.7 Å². The van der Waals surface area contributed by atoms with E-state index in [9.17, 15) is 9.18 Å². The Morgan fingerprint density at radius 3 is 2.62 bits per heavy atom. The summed E-state index contributed by atoms with van der Waals surface area (Å²) in [6.07, 6.45) is 1.42. The predicted octanol–water partition coefficient (Wildman–Crippen LogP) is 4.56. The van der Waals surface area contributed by atoms with Crippen LogP contribution in [0.4, 0.5) is 10.1 Å². The molecule has 0 unspecified atom stereocenters. The summed E-state index contributed by atoms with van der Waals surface area (Å²) in [5.74, 6) is -0.686. The lowest BCUT2D eigenvalue weighted by molar-refractivity contribution is 0.0994. The van der Waals surface area contributed by atoms with Gasteiger partial charge in [0.2, 0.25) is 0 Å². The fraction of sp³-hybridized carbons (Fsp3) is 0.105. The molecular formula is C19H16FNO3. The van der Waals surface area contributed by atoms with Crippen LogP contribution >= 0.6 is 0 Å². The van der Waals surface area contributed by atoms with Gasteiger partial charge in [0.05, 0.1) is 6.26 Å². The van der Waals surface area contributed by atoms with Gasteiger partial charge in [0, 0.05) is 5.56 Å². The van der Waals surface area contributed by atoms with Crippen LogP contribution in [0.3, 0.4) is 0 Å². The minimum absolute atomic E-state index is 0.00534. The Balaban J connectivity index is 1.80. The van der Waals surface area contributed by atoms with E-state index in [1.807, 2.05) is 30.3 Å². The summed E-state index contributed by atoms with van der Waals surface area (Å²) in [5.41, 5.74) is 1.62. The molecule has 0 aliphatic heterocycles. The zero-order valence-corrected chi connectivity index (χ0v) is 13.1. The second-order valence-corrected chi connectivity index (χ2v) is 5.27. The van der Waals surface area contributed by atoms with Crippen LogP contribution in [0, 0.1) is 12.7 Å². The van der Waals surface area contributed by atoms with Gasteiger partial charge in [-0.25, -0.2) is 4.39 Å². The molecule has 2 aromatic carbocycles. The van der Waals surface area contributed by atoms with Crippen molar-refractivity contribution >= 4 is 11.6 Å². The number of rotatable bonds is 5. The Morgan fingerprint density at radius 2 is 1.92 bits per heavy atom. The summed E-state index contributed by atoms with van der Waals surface area (Å²) in [6, 6.07) is 15.6. The first-order chi connectivity index (χ1) is 11.6. The van der Waals surface area contributed by atoms with Crippen molar-refractivity contribution in [3.63, 3.8) is 0 Å². The molecule has 0 bridgehead atoms. The van der Waals surface area contributed by atoms with Crippen LogP contribution in [-0.4, -0.2) is 5.91 Å². The number of anilines is 1. The van der Waals surface area contributed by atoms with Crippen LogP contribution in [0.15, 0.2) is 65.3 Å². The molecule has 0 radical (unpaired) electrons. The van der Waals surface area contributed by atoms with Crippen molar-refractivity contribution in [1.29, 1.82) is 0 Å². The summed E-state index contributed by atoms with van der Waals surface area (Å²) in [6.45, 7) is 2.01. The fourth-order valence-electron chi connectivity index (χ4n) is 2.26. The first-order valence-corrected chi connectivity index (χ1v) is 7.46. The number of para-hydroxylation sites is 1. The molecule has 0 aliphatic carbocycles. The summed E-state index contributed by atoms with van der Waals surface area (Å²) in [4.78, 5) is 12.2. The van der Waals surface area contributed by atoms with Crippen molar-refractivity contribution in [2.45, 2.75) is 13.5 Å². The maximum Gasteiger partial charge on any atom is 0.291 e. The number of amides is 1. The Kier molecular flexibility index (Phi) is 4.61. The molecule has 1 N–H and O–H groups in total. The Morgan fingerprint density at radius 1 is 1.12 bits per heavy atom. The van der Waals surface area contributed by atoms with Crippen LogP contribution < -0.4 is 10.1 Å². The number of ether oxygens (including phenoxy) is 1. The second-order valence-electron chi connectivity index (χ2n) is 5.27. The number of carbonyl (C=O) groups excluding carboxylic acids is 1. The van der Waals surface area contributed by atoms with Gasteiger partial charge in [0.25, 0.3) is 5.91 Å². The third kappa shape index (κ3) is 3.46. The molecule has 0 atom stereocenters. The van der Waals surface area contributed by atoms with E-state index in [4.69, 9.17) is 9.15 Å². The minimum atomic E-state index is -0.571. The van der Waals surface area contributed by atoms with Crippen molar-refractivity contribution in [2.75, 3.05) is 5.32 Å². The number of hydrogen-bond acceptors (Lipinski definition) is 3. The predicted molar refractivity (Wildman–Crippen MR) is 88.6 cm³/mol. The standard InChI is InChI=1S/C19H16FNO3/c1-13-10-11-23-18(13)19(22)21-17-15(20)8-5-9-16(17)24-12-14-6-3-2-4-7-14/h2-11H,12H2,1H3,(H,21,22). The summed E-state index contributed by atoms with van der Waals surface area (Å²) < 4.78 is 25.0. The van der Waals surface area contributed by atoms with Crippen molar-refractivity contribution in [3.8, 4) is 5.75 Å². The zero-order chi connectivity index (χ0) is 16.9. The largest absolute Gasteiger partial charge is 0.487 e. The lowest BCUT2D eigenvalue weighted by Gasteiger charge is -2.13. The van der Waals surface area contributed by atoms with Crippen molar-refractivity contribution in [1.82, 2.24) is 0 Å². The Labute approximate surface area is 138 Å². The highest BCUT2D eigenvalue weighted by molar-refractivity contribution is 6.04. The van der Waals surface area contributed by atoms with Gasteiger partial charge in [-0.15, -0.1) is 0 Å². The number of hydrogen-bond donors (Lipinski definition) is 1. The first-order valence-electron chi connectivity index (χ1n) is 7.46. The van der Waals surface area contributed by atoms with Gasteiger partial charge in [-0.1, -0.05) is 36.4 Å².